The van der Waals surface area contributed by atoms with Gasteiger partial charge < -0.3 is 29.1 Å². The molecule has 0 saturated carbocycles. The van der Waals surface area contributed by atoms with Gasteiger partial charge in [0.15, 0.2) is 5.82 Å². The maximum atomic E-state index is 13.9. The molecule has 12 heteroatoms. The number of carbonyl (C=O) groups excluding carboxylic acids is 2. The Morgan fingerprint density at radius 2 is 1.90 bits per heavy atom. The van der Waals surface area contributed by atoms with Crippen LogP contribution in [-0.4, -0.2) is 76.0 Å². The molecule has 2 unspecified atom stereocenters. The minimum Gasteiger partial charge on any atom is -0.469 e. The molecule has 3 aromatic rings. The van der Waals surface area contributed by atoms with E-state index in [4.69, 9.17) is 24.0 Å². The Morgan fingerprint density at radius 1 is 1.12 bits per heavy atom. The highest BCUT2D eigenvalue weighted by molar-refractivity contribution is 6.03. The lowest BCUT2D eigenvalue weighted by atomic mass is 10.0. The highest BCUT2D eigenvalue weighted by Crippen LogP contribution is 2.38. The lowest BCUT2D eigenvalue weighted by molar-refractivity contribution is 0.0297. The summed E-state index contributed by atoms with van der Waals surface area (Å²) < 4.78 is 17.2. The predicted octanol–water partition coefficient (Wildman–Crippen LogP) is 4.08. The zero-order valence-corrected chi connectivity index (χ0v) is 23.1. The Balaban J connectivity index is 1.40. The summed E-state index contributed by atoms with van der Waals surface area (Å²) in [5, 5.41) is 9.14. The van der Waals surface area contributed by atoms with Gasteiger partial charge in [-0.15, -0.1) is 0 Å². The van der Waals surface area contributed by atoms with Gasteiger partial charge in [0.05, 0.1) is 24.4 Å². The summed E-state index contributed by atoms with van der Waals surface area (Å²) >= 11 is 0. The van der Waals surface area contributed by atoms with E-state index in [1.165, 1.54) is 6.26 Å². The molecule has 3 aliphatic heterocycles. The summed E-state index contributed by atoms with van der Waals surface area (Å²) in [4.78, 5) is 40.0. The summed E-state index contributed by atoms with van der Waals surface area (Å²) in [6.07, 6.45) is 3.71. The van der Waals surface area contributed by atoms with E-state index in [0.717, 1.165) is 24.0 Å². The first kappa shape index (κ1) is 26.1. The number of fused-ring (bicyclic) bond motifs is 3. The van der Waals surface area contributed by atoms with Crippen LogP contribution in [0.1, 0.15) is 49.5 Å². The number of morpholine rings is 1. The summed E-state index contributed by atoms with van der Waals surface area (Å²) in [5.41, 5.74) is 2.33. The fourth-order valence-electron chi connectivity index (χ4n) is 5.56. The summed E-state index contributed by atoms with van der Waals surface area (Å²) in [7, 11) is 0. The number of amides is 3. The molecule has 3 aliphatic rings. The largest absolute Gasteiger partial charge is 0.469 e. The van der Waals surface area contributed by atoms with Gasteiger partial charge in [-0.05, 0) is 58.2 Å². The number of urea groups is 1. The van der Waals surface area contributed by atoms with Crippen LogP contribution in [0.15, 0.2) is 35.1 Å². The second-order valence-electron chi connectivity index (χ2n) is 11.1. The molecule has 2 saturated heterocycles. The molecule has 0 spiro atoms. The SMILES string of the molecule is CCN1CC(C)(C)Oc2nc(N3CC4CCC(C3)O4)nc(-c3ccc(NC(=O)Nc4ccon4)c(C)c3)c2C1=O. The van der Waals surface area contributed by atoms with E-state index in [1.54, 1.807) is 17.0 Å². The van der Waals surface area contributed by atoms with Gasteiger partial charge >= 0.3 is 6.03 Å². The molecular formula is C28H33N7O5. The Labute approximate surface area is 232 Å². The van der Waals surface area contributed by atoms with E-state index < -0.39 is 11.6 Å². The van der Waals surface area contributed by atoms with Gasteiger partial charge in [0.25, 0.3) is 5.91 Å². The van der Waals surface area contributed by atoms with Crippen LogP contribution in [0.4, 0.5) is 22.2 Å². The van der Waals surface area contributed by atoms with Crippen molar-refractivity contribution in [3.8, 4) is 17.1 Å². The van der Waals surface area contributed by atoms with E-state index in [9.17, 15) is 9.59 Å². The Hall–Kier alpha value is -4.19. The highest BCUT2D eigenvalue weighted by atomic mass is 16.5. The smallest absolute Gasteiger partial charge is 0.324 e. The number of hydrogen-bond donors (Lipinski definition) is 2. The molecule has 3 amide bonds. The van der Waals surface area contributed by atoms with Gasteiger partial charge in [0, 0.05) is 37.0 Å². The monoisotopic (exact) mass is 547 g/mol. The Morgan fingerprint density at radius 3 is 2.58 bits per heavy atom. The van der Waals surface area contributed by atoms with Crippen molar-refractivity contribution >= 4 is 29.4 Å². The highest BCUT2D eigenvalue weighted by Gasteiger charge is 2.39. The van der Waals surface area contributed by atoms with Crippen molar-refractivity contribution in [2.24, 2.45) is 0 Å². The lowest BCUT2D eigenvalue weighted by Gasteiger charge is -2.33. The zero-order chi connectivity index (χ0) is 28.0. The average molecular weight is 548 g/mol. The normalized spacial score (nSPS) is 21.4. The molecule has 2 N–H and O–H groups in total. The van der Waals surface area contributed by atoms with E-state index in [1.807, 2.05) is 39.8 Å². The fraction of sp³-hybridized carbons (Fsp3) is 0.464. The van der Waals surface area contributed by atoms with E-state index >= 15 is 0 Å². The predicted molar refractivity (Wildman–Crippen MR) is 148 cm³/mol. The van der Waals surface area contributed by atoms with Gasteiger partial charge in [-0.3, -0.25) is 10.1 Å². The molecule has 0 aliphatic carbocycles. The number of anilines is 3. The van der Waals surface area contributed by atoms with Crippen LogP contribution in [0.5, 0.6) is 5.88 Å². The Kier molecular flexibility index (Phi) is 6.57. The molecule has 2 fully saturated rings. The number of nitrogens with one attached hydrogen (secondary N) is 2. The van der Waals surface area contributed by atoms with E-state index in [-0.39, 0.29) is 24.0 Å². The van der Waals surface area contributed by atoms with Crippen LogP contribution in [0, 0.1) is 6.92 Å². The molecule has 210 valence electrons. The lowest BCUT2D eigenvalue weighted by Crippen LogP contribution is -2.43. The maximum absolute atomic E-state index is 13.9. The standard InChI is InChI=1S/C28H33N7O5/c1-5-34-15-28(3,4)40-24-22(25(34)36)23(31-26(32-24)35-13-18-7-8-19(14-35)39-18)17-6-9-20(16(2)12-17)29-27(37)30-21-10-11-38-33-21/h6,9-12,18-19H,5,7-8,13-15H2,1-4H3,(H2,29,30,33,37). The van der Waals surface area contributed by atoms with Crippen molar-refractivity contribution in [2.45, 2.75) is 58.3 Å². The second kappa shape index (κ2) is 10.1. The van der Waals surface area contributed by atoms with Gasteiger partial charge in [-0.1, -0.05) is 11.2 Å². The van der Waals surface area contributed by atoms with Crippen molar-refractivity contribution in [3.63, 3.8) is 0 Å². The Bertz CT molecular complexity index is 1430. The molecule has 2 atom stereocenters. The van der Waals surface area contributed by atoms with Crippen LogP contribution in [-0.2, 0) is 4.74 Å². The van der Waals surface area contributed by atoms with Crippen molar-refractivity contribution in [3.05, 3.63) is 41.7 Å². The average Bonchev–Trinajstić information content (AvgIpc) is 3.53. The van der Waals surface area contributed by atoms with Crippen LogP contribution >= 0.6 is 0 Å². The molecule has 5 heterocycles. The number of ether oxygens (including phenoxy) is 2. The second-order valence-corrected chi connectivity index (χ2v) is 11.1. The third-order valence-corrected chi connectivity index (χ3v) is 7.45. The molecule has 2 aromatic heterocycles. The third kappa shape index (κ3) is 5.06. The minimum atomic E-state index is -0.634. The molecule has 1 aromatic carbocycles. The van der Waals surface area contributed by atoms with Crippen molar-refractivity contribution in [1.82, 2.24) is 20.0 Å². The van der Waals surface area contributed by atoms with Gasteiger partial charge in [-0.2, -0.15) is 4.98 Å². The maximum Gasteiger partial charge on any atom is 0.324 e. The molecular weight excluding hydrogens is 514 g/mol. The van der Waals surface area contributed by atoms with Crippen molar-refractivity contribution in [1.29, 1.82) is 0 Å². The number of aryl methyl sites for hydroxylation is 1. The van der Waals surface area contributed by atoms with E-state index in [0.29, 0.717) is 54.9 Å². The third-order valence-electron chi connectivity index (χ3n) is 7.45. The van der Waals surface area contributed by atoms with Crippen LogP contribution in [0.25, 0.3) is 11.3 Å². The minimum absolute atomic E-state index is 0.148. The fourth-order valence-corrected chi connectivity index (χ4v) is 5.56. The number of nitrogens with zero attached hydrogens (tertiary/aromatic N) is 5. The first-order valence-electron chi connectivity index (χ1n) is 13.6. The molecule has 12 nitrogen and oxygen atoms in total. The quantitative estimate of drug-likeness (QED) is 0.484. The van der Waals surface area contributed by atoms with Crippen LogP contribution < -0.4 is 20.3 Å². The van der Waals surface area contributed by atoms with Crippen molar-refractivity contribution in [2.75, 3.05) is 41.7 Å². The van der Waals surface area contributed by atoms with Crippen LogP contribution in [0.3, 0.4) is 0 Å². The number of aromatic nitrogens is 3. The molecule has 40 heavy (non-hydrogen) atoms. The summed E-state index contributed by atoms with van der Waals surface area (Å²) in [5.74, 6) is 0.950. The number of benzene rings is 1. The molecule has 6 rings (SSSR count). The summed E-state index contributed by atoms with van der Waals surface area (Å²) in [6, 6.07) is 6.64. The number of hydrogen-bond acceptors (Lipinski definition) is 9. The topological polar surface area (TPSA) is 135 Å². The first-order chi connectivity index (χ1) is 19.2. The summed E-state index contributed by atoms with van der Waals surface area (Å²) in [6.45, 7) is 10.1. The van der Waals surface area contributed by atoms with Gasteiger partial charge in [0.2, 0.25) is 11.8 Å². The van der Waals surface area contributed by atoms with Crippen molar-refractivity contribution < 1.29 is 23.6 Å². The number of rotatable bonds is 5. The van der Waals surface area contributed by atoms with Gasteiger partial charge in [-0.25, -0.2) is 9.78 Å². The first-order valence-corrected chi connectivity index (χ1v) is 13.6. The number of likely N-dealkylation sites (N-methyl/N-ethyl adjacent to an activating group) is 1. The molecule has 0 radical (unpaired) electrons. The van der Waals surface area contributed by atoms with Gasteiger partial charge in [0.1, 0.15) is 17.4 Å². The van der Waals surface area contributed by atoms with Crippen LogP contribution in [0.2, 0.25) is 0 Å². The van der Waals surface area contributed by atoms with E-state index in [2.05, 4.69) is 20.7 Å². The molecule has 2 bridgehead atoms. The zero-order valence-electron chi connectivity index (χ0n) is 23.1. The number of carbonyl (C=O) groups is 2.